The van der Waals surface area contributed by atoms with Gasteiger partial charge in [-0.1, -0.05) is 48.0 Å². The van der Waals surface area contributed by atoms with Gasteiger partial charge in [0.15, 0.2) is 0 Å². The van der Waals surface area contributed by atoms with Gasteiger partial charge in [0.1, 0.15) is 6.54 Å². The van der Waals surface area contributed by atoms with Crippen molar-refractivity contribution >= 4 is 11.6 Å². The van der Waals surface area contributed by atoms with Crippen LogP contribution in [0, 0.1) is 6.92 Å². The molecular weight excluding hydrogens is 317 g/mol. The molecule has 22 heavy (non-hydrogen) atoms. The fourth-order valence-corrected chi connectivity index (χ4v) is 2.42. The van der Waals surface area contributed by atoms with Gasteiger partial charge in [-0.3, -0.25) is 0 Å². The molecule has 0 radical (unpaired) electrons. The van der Waals surface area contributed by atoms with Crippen LogP contribution in [-0.4, -0.2) is 9.78 Å². The summed E-state index contributed by atoms with van der Waals surface area (Å²) in [5.74, 6) is 0. The van der Waals surface area contributed by atoms with Crippen LogP contribution in [0.4, 0.5) is 0 Å². The van der Waals surface area contributed by atoms with E-state index in [0.29, 0.717) is 0 Å². The van der Waals surface area contributed by atoms with Gasteiger partial charge in [-0.15, -0.1) is 4.68 Å². The standard InChI is InChI=1S/C17H17ClN3.ClH/c1-14-4-2-3-5-16(14)11-21-13-20(12-19-21)10-15-6-8-17(18)9-7-15;/h2-9,12-13H,10-11H2,1H3;1H/q+1;/p-1. The molecule has 0 aliphatic carbocycles. The summed E-state index contributed by atoms with van der Waals surface area (Å²) in [5, 5.41) is 5.18. The first-order chi connectivity index (χ1) is 10.2. The molecular formula is C17H17Cl2N3. The number of rotatable bonds is 4. The normalized spacial score (nSPS) is 10.3. The summed E-state index contributed by atoms with van der Waals surface area (Å²) >= 11 is 5.90. The topological polar surface area (TPSA) is 21.7 Å². The maximum atomic E-state index is 5.90. The van der Waals surface area contributed by atoms with E-state index in [1.807, 2.05) is 41.6 Å². The molecule has 0 amide bonds. The number of benzene rings is 2. The van der Waals surface area contributed by atoms with Gasteiger partial charge in [-0.05, 0) is 35.7 Å². The molecule has 0 unspecified atom stereocenters. The fourth-order valence-electron chi connectivity index (χ4n) is 2.29. The quantitative estimate of drug-likeness (QED) is 0.626. The second kappa shape index (κ2) is 7.43. The van der Waals surface area contributed by atoms with E-state index in [0.717, 1.165) is 18.1 Å². The molecule has 0 aliphatic rings. The Morgan fingerprint density at radius 2 is 1.82 bits per heavy atom. The Bertz CT molecular complexity index is 736. The fraction of sp³-hybridized carbons (Fsp3) is 0.176. The lowest BCUT2D eigenvalue weighted by Crippen LogP contribution is -3.00. The highest BCUT2D eigenvalue weighted by Gasteiger charge is 2.08. The first-order valence-electron chi connectivity index (χ1n) is 6.91. The second-order valence-corrected chi connectivity index (χ2v) is 5.61. The molecule has 0 fully saturated rings. The van der Waals surface area contributed by atoms with Crippen molar-refractivity contribution in [2.45, 2.75) is 20.0 Å². The van der Waals surface area contributed by atoms with Crippen molar-refractivity contribution in [3.8, 4) is 0 Å². The summed E-state index contributed by atoms with van der Waals surface area (Å²) in [6.45, 7) is 3.71. The molecule has 2 aromatic carbocycles. The molecule has 3 aromatic rings. The largest absolute Gasteiger partial charge is 1.00 e. The van der Waals surface area contributed by atoms with E-state index in [1.165, 1.54) is 16.7 Å². The molecule has 0 atom stereocenters. The minimum absolute atomic E-state index is 0. The molecule has 0 saturated carbocycles. The van der Waals surface area contributed by atoms with Crippen molar-refractivity contribution in [1.82, 2.24) is 9.78 Å². The summed E-state index contributed by atoms with van der Waals surface area (Å²) in [7, 11) is 0. The third-order valence-electron chi connectivity index (χ3n) is 3.50. The number of aryl methyl sites for hydroxylation is 1. The zero-order valence-electron chi connectivity index (χ0n) is 12.3. The molecule has 1 heterocycles. The smallest absolute Gasteiger partial charge is 0.265 e. The molecule has 0 aliphatic heterocycles. The SMILES string of the molecule is Cc1ccccc1Cn1c[n+](Cc2ccc(Cl)cc2)cn1.[Cl-]. The van der Waals surface area contributed by atoms with Crippen molar-refractivity contribution in [3.05, 3.63) is 82.9 Å². The van der Waals surface area contributed by atoms with Gasteiger partial charge in [0.25, 0.3) is 6.33 Å². The molecule has 3 rings (SSSR count). The van der Waals surface area contributed by atoms with Gasteiger partial charge in [0.2, 0.25) is 6.33 Å². The minimum atomic E-state index is 0. The Morgan fingerprint density at radius 3 is 2.55 bits per heavy atom. The van der Waals surface area contributed by atoms with Crippen LogP contribution in [0.2, 0.25) is 5.02 Å². The molecule has 3 nitrogen and oxygen atoms in total. The Kier molecular flexibility index (Phi) is 5.58. The van der Waals surface area contributed by atoms with Gasteiger partial charge in [-0.2, -0.15) is 0 Å². The van der Waals surface area contributed by atoms with Gasteiger partial charge >= 0.3 is 0 Å². The Morgan fingerprint density at radius 1 is 1.09 bits per heavy atom. The maximum Gasteiger partial charge on any atom is 0.265 e. The molecule has 0 N–H and O–H groups in total. The third kappa shape index (κ3) is 4.09. The van der Waals surface area contributed by atoms with Gasteiger partial charge in [0.05, 0.1) is 6.54 Å². The lowest BCUT2D eigenvalue weighted by atomic mass is 10.1. The van der Waals surface area contributed by atoms with Gasteiger partial charge < -0.3 is 12.4 Å². The summed E-state index contributed by atoms with van der Waals surface area (Å²) in [6, 6.07) is 16.3. The first kappa shape index (κ1) is 16.5. The van der Waals surface area contributed by atoms with Crippen LogP contribution in [0.5, 0.6) is 0 Å². The zero-order valence-corrected chi connectivity index (χ0v) is 13.8. The third-order valence-corrected chi connectivity index (χ3v) is 3.75. The molecule has 1 aromatic heterocycles. The number of aromatic nitrogens is 3. The van der Waals surface area contributed by atoms with Crippen molar-refractivity contribution in [1.29, 1.82) is 0 Å². The average molecular weight is 334 g/mol. The maximum absolute atomic E-state index is 5.90. The molecule has 0 bridgehead atoms. The monoisotopic (exact) mass is 333 g/mol. The Labute approximate surface area is 141 Å². The first-order valence-corrected chi connectivity index (χ1v) is 7.29. The molecule has 114 valence electrons. The van der Waals surface area contributed by atoms with Crippen LogP contribution in [0.25, 0.3) is 0 Å². The highest BCUT2D eigenvalue weighted by Crippen LogP contribution is 2.10. The van der Waals surface area contributed by atoms with Crippen LogP contribution in [0.3, 0.4) is 0 Å². The van der Waals surface area contributed by atoms with Gasteiger partial charge in [-0.25, -0.2) is 4.57 Å². The van der Waals surface area contributed by atoms with Crippen molar-refractivity contribution in [2.24, 2.45) is 0 Å². The number of hydrogen-bond donors (Lipinski definition) is 0. The van der Waals surface area contributed by atoms with E-state index in [2.05, 4.69) is 40.9 Å². The molecule has 0 saturated heterocycles. The van der Waals surface area contributed by atoms with Gasteiger partial charge in [0, 0.05) is 10.1 Å². The number of nitrogens with zero attached hydrogens (tertiary/aromatic N) is 3. The molecule has 5 heteroatoms. The lowest BCUT2D eigenvalue weighted by molar-refractivity contribution is -0.689. The van der Waals surface area contributed by atoms with E-state index >= 15 is 0 Å². The number of hydrogen-bond acceptors (Lipinski definition) is 1. The summed E-state index contributed by atoms with van der Waals surface area (Å²) in [6.07, 6.45) is 3.88. The Balaban J connectivity index is 0.00000176. The van der Waals surface area contributed by atoms with Crippen LogP contribution in [0.15, 0.2) is 61.2 Å². The van der Waals surface area contributed by atoms with E-state index in [1.54, 1.807) is 0 Å². The predicted octanol–water partition coefficient (Wildman–Crippen LogP) is 0.233. The minimum Gasteiger partial charge on any atom is -1.00 e. The lowest BCUT2D eigenvalue weighted by Gasteiger charge is -2.01. The summed E-state index contributed by atoms with van der Waals surface area (Å²) < 4.78 is 4.03. The van der Waals surface area contributed by atoms with E-state index in [9.17, 15) is 0 Å². The van der Waals surface area contributed by atoms with E-state index < -0.39 is 0 Å². The second-order valence-electron chi connectivity index (χ2n) is 5.17. The van der Waals surface area contributed by atoms with Crippen LogP contribution >= 0.6 is 11.6 Å². The van der Waals surface area contributed by atoms with Crippen LogP contribution in [0.1, 0.15) is 16.7 Å². The summed E-state index contributed by atoms with van der Waals surface area (Å²) in [4.78, 5) is 0. The average Bonchev–Trinajstić information content (AvgIpc) is 2.91. The molecule has 0 spiro atoms. The van der Waals surface area contributed by atoms with Crippen LogP contribution < -0.4 is 17.0 Å². The van der Waals surface area contributed by atoms with Crippen molar-refractivity contribution in [3.63, 3.8) is 0 Å². The predicted molar refractivity (Wildman–Crippen MR) is 83.3 cm³/mol. The number of halogens is 2. The Hall–Kier alpha value is -1.84. The highest BCUT2D eigenvalue weighted by molar-refractivity contribution is 6.30. The van der Waals surface area contributed by atoms with E-state index in [-0.39, 0.29) is 12.4 Å². The highest BCUT2D eigenvalue weighted by atomic mass is 35.5. The zero-order chi connectivity index (χ0) is 14.7. The summed E-state index contributed by atoms with van der Waals surface area (Å²) in [5.41, 5.74) is 3.79. The van der Waals surface area contributed by atoms with Crippen LogP contribution in [-0.2, 0) is 13.1 Å². The van der Waals surface area contributed by atoms with Crippen molar-refractivity contribution in [2.75, 3.05) is 0 Å². The van der Waals surface area contributed by atoms with E-state index in [4.69, 9.17) is 11.6 Å². The van der Waals surface area contributed by atoms with Crippen molar-refractivity contribution < 1.29 is 17.0 Å².